The second kappa shape index (κ2) is 7.93. The van der Waals surface area contributed by atoms with E-state index in [0.717, 1.165) is 32.8 Å². The van der Waals surface area contributed by atoms with Crippen molar-refractivity contribution < 1.29 is 9.53 Å². The van der Waals surface area contributed by atoms with E-state index in [1.807, 2.05) is 0 Å². The van der Waals surface area contributed by atoms with E-state index in [-0.39, 0.29) is 17.2 Å². The fourth-order valence-electron chi connectivity index (χ4n) is 4.03. The Morgan fingerprint density at radius 2 is 1.88 bits per heavy atom. The molecule has 1 saturated carbocycles. The van der Waals surface area contributed by atoms with Gasteiger partial charge in [-0.2, -0.15) is 0 Å². The van der Waals surface area contributed by atoms with Crippen molar-refractivity contribution in [2.45, 2.75) is 40.8 Å². The minimum absolute atomic E-state index is 0.0642. The van der Waals surface area contributed by atoms with E-state index >= 15 is 0 Å². The number of benzene rings is 1. The zero-order valence-corrected chi connectivity index (χ0v) is 16.5. The van der Waals surface area contributed by atoms with Crippen molar-refractivity contribution in [3.8, 4) is 0 Å². The minimum atomic E-state index is 0.0642. The second-order valence-electron chi connectivity index (χ2n) is 8.44. The van der Waals surface area contributed by atoms with Gasteiger partial charge in [-0.3, -0.25) is 9.69 Å². The summed E-state index contributed by atoms with van der Waals surface area (Å²) in [5.74, 6) is 0.624. The maximum atomic E-state index is 12.7. The maximum absolute atomic E-state index is 12.7. The van der Waals surface area contributed by atoms with Crippen molar-refractivity contribution in [1.82, 2.24) is 10.2 Å². The number of amides is 1. The largest absolute Gasteiger partial charge is 0.379 e. The average molecular weight is 357 g/mol. The number of morpholine rings is 1. The lowest BCUT2D eigenvalue weighted by Gasteiger charge is -2.27. The van der Waals surface area contributed by atoms with Crippen LogP contribution in [0.3, 0.4) is 0 Å². The van der Waals surface area contributed by atoms with Gasteiger partial charge in [0.15, 0.2) is 0 Å². The first-order valence-corrected chi connectivity index (χ1v) is 9.69. The third kappa shape index (κ3) is 4.36. The Morgan fingerprint density at radius 1 is 1.23 bits per heavy atom. The molecule has 1 aliphatic carbocycles. The lowest BCUT2D eigenvalue weighted by molar-refractivity contribution is -0.123. The van der Waals surface area contributed by atoms with E-state index in [9.17, 15) is 4.79 Å². The highest BCUT2D eigenvalue weighted by Gasteiger charge is 2.60. The van der Waals surface area contributed by atoms with Gasteiger partial charge >= 0.3 is 0 Å². The Kier molecular flexibility index (Phi) is 5.83. The average Bonchev–Trinajstić information content (AvgIpc) is 3.14. The highest BCUT2D eigenvalue weighted by molar-refractivity contribution is 5.83. The third-order valence-electron chi connectivity index (χ3n) is 5.78. The van der Waals surface area contributed by atoms with E-state index in [1.54, 1.807) is 0 Å². The zero-order valence-electron chi connectivity index (χ0n) is 16.5. The van der Waals surface area contributed by atoms with Gasteiger partial charge in [0.25, 0.3) is 0 Å². The van der Waals surface area contributed by atoms with Crippen LogP contribution < -0.4 is 5.32 Å². The molecule has 1 aromatic rings. The maximum Gasteiger partial charge on any atom is 0.224 e. The summed E-state index contributed by atoms with van der Waals surface area (Å²) in [6.45, 7) is 13.7. The summed E-state index contributed by atoms with van der Waals surface area (Å²) in [6.07, 6.45) is 2.25. The topological polar surface area (TPSA) is 41.6 Å². The molecule has 4 heteroatoms. The SMILES string of the molecule is CC(C)=CC1C(C(=O)NCc2ccccc2CN2CCOCC2)C1(C)C. The van der Waals surface area contributed by atoms with Crippen LogP contribution in [0, 0.1) is 17.3 Å². The van der Waals surface area contributed by atoms with Crippen LogP contribution in [-0.4, -0.2) is 37.1 Å². The molecule has 3 rings (SSSR count). The monoisotopic (exact) mass is 356 g/mol. The number of carbonyl (C=O) groups excluding carboxylic acids is 1. The molecular formula is C22H32N2O2. The minimum Gasteiger partial charge on any atom is -0.379 e. The van der Waals surface area contributed by atoms with E-state index in [1.165, 1.54) is 16.7 Å². The summed E-state index contributed by atoms with van der Waals surface area (Å²) >= 11 is 0. The van der Waals surface area contributed by atoms with Crippen molar-refractivity contribution in [1.29, 1.82) is 0 Å². The molecule has 142 valence electrons. The molecule has 26 heavy (non-hydrogen) atoms. The lowest BCUT2D eigenvalue weighted by atomic mass is 10.1. The summed E-state index contributed by atoms with van der Waals surface area (Å²) in [7, 11) is 0. The Hall–Kier alpha value is -1.65. The predicted molar refractivity (Wildman–Crippen MR) is 105 cm³/mol. The fourth-order valence-corrected chi connectivity index (χ4v) is 4.03. The number of ether oxygens (including phenoxy) is 1. The molecule has 0 radical (unpaired) electrons. The molecule has 2 aliphatic rings. The molecule has 1 heterocycles. The first kappa shape index (κ1) is 19.1. The van der Waals surface area contributed by atoms with Gasteiger partial charge in [0.1, 0.15) is 0 Å². The van der Waals surface area contributed by atoms with Crippen LogP contribution in [0.5, 0.6) is 0 Å². The molecule has 1 amide bonds. The van der Waals surface area contributed by atoms with E-state index < -0.39 is 0 Å². The Labute approximate surface area is 157 Å². The van der Waals surface area contributed by atoms with Crippen LogP contribution in [0.15, 0.2) is 35.9 Å². The third-order valence-corrected chi connectivity index (χ3v) is 5.78. The van der Waals surface area contributed by atoms with Crippen LogP contribution in [0.4, 0.5) is 0 Å². The smallest absolute Gasteiger partial charge is 0.224 e. The van der Waals surface area contributed by atoms with Gasteiger partial charge in [0.05, 0.1) is 19.1 Å². The summed E-state index contributed by atoms with van der Waals surface area (Å²) in [5.41, 5.74) is 3.86. The number of rotatable bonds is 6. The number of hydrogen-bond acceptors (Lipinski definition) is 3. The highest BCUT2D eigenvalue weighted by Crippen LogP contribution is 2.59. The van der Waals surface area contributed by atoms with Gasteiger partial charge < -0.3 is 10.1 Å². The van der Waals surface area contributed by atoms with Gasteiger partial charge in [-0.15, -0.1) is 0 Å². The molecule has 0 aromatic heterocycles. The molecule has 1 saturated heterocycles. The highest BCUT2D eigenvalue weighted by atomic mass is 16.5. The molecule has 0 spiro atoms. The van der Waals surface area contributed by atoms with Gasteiger partial charge in [0.2, 0.25) is 5.91 Å². The standard InChI is InChI=1S/C22H32N2O2/c1-16(2)13-19-20(22(19,3)4)21(25)23-14-17-7-5-6-8-18(17)15-24-9-11-26-12-10-24/h5-8,13,19-20H,9-12,14-15H2,1-4H3,(H,23,25). The molecule has 1 aliphatic heterocycles. The zero-order chi connectivity index (χ0) is 18.7. The molecule has 2 unspecified atom stereocenters. The predicted octanol–water partition coefficient (Wildman–Crippen LogP) is 3.37. The molecular weight excluding hydrogens is 324 g/mol. The molecule has 2 fully saturated rings. The van der Waals surface area contributed by atoms with Crippen molar-refractivity contribution in [3.63, 3.8) is 0 Å². The first-order valence-electron chi connectivity index (χ1n) is 9.69. The molecule has 1 aromatic carbocycles. The van der Waals surface area contributed by atoms with Crippen LogP contribution in [0.25, 0.3) is 0 Å². The Morgan fingerprint density at radius 3 is 2.54 bits per heavy atom. The van der Waals surface area contributed by atoms with E-state index in [2.05, 4.69) is 68.3 Å². The normalized spacial score (nSPS) is 24.8. The van der Waals surface area contributed by atoms with E-state index in [4.69, 9.17) is 4.74 Å². The molecule has 4 nitrogen and oxygen atoms in total. The number of allylic oxidation sites excluding steroid dienone is 2. The van der Waals surface area contributed by atoms with Crippen molar-refractivity contribution >= 4 is 5.91 Å². The van der Waals surface area contributed by atoms with Crippen molar-refractivity contribution in [2.24, 2.45) is 17.3 Å². The fraction of sp³-hybridized carbons (Fsp3) is 0.591. The molecule has 2 atom stereocenters. The second-order valence-corrected chi connectivity index (χ2v) is 8.44. The molecule has 0 bridgehead atoms. The van der Waals surface area contributed by atoms with Crippen molar-refractivity contribution in [3.05, 3.63) is 47.0 Å². The van der Waals surface area contributed by atoms with Gasteiger partial charge in [-0.25, -0.2) is 0 Å². The summed E-state index contributed by atoms with van der Waals surface area (Å²) in [6, 6.07) is 8.43. The number of carbonyl (C=O) groups is 1. The van der Waals surface area contributed by atoms with Crippen LogP contribution in [0.2, 0.25) is 0 Å². The summed E-state index contributed by atoms with van der Waals surface area (Å²) in [4.78, 5) is 15.1. The van der Waals surface area contributed by atoms with Gasteiger partial charge in [0, 0.05) is 26.2 Å². The quantitative estimate of drug-likeness (QED) is 0.795. The van der Waals surface area contributed by atoms with Crippen LogP contribution in [0.1, 0.15) is 38.8 Å². The van der Waals surface area contributed by atoms with Gasteiger partial charge in [-0.1, -0.05) is 49.8 Å². The number of nitrogens with one attached hydrogen (secondary N) is 1. The van der Waals surface area contributed by atoms with Gasteiger partial charge in [-0.05, 0) is 36.3 Å². The van der Waals surface area contributed by atoms with E-state index in [0.29, 0.717) is 12.5 Å². The van der Waals surface area contributed by atoms with Crippen LogP contribution >= 0.6 is 0 Å². The summed E-state index contributed by atoms with van der Waals surface area (Å²) in [5, 5.41) is 3.19. The van der Waals surface area contributed by atoms with Crippen molar-refractivity contribution in [2.75, 3.05) is 26.3 Å². The number of nitrogens with zero attached hydrogens (tertiary/aromatic N) is 1. The lowest BCUT2D eigenvalue weighted by Crippen LogP contribution is -2.36. The Balaban J connectivity index is 1.60. The Bertz CT molecular complexity index is 670. The van der Waals surface area contributed by atoms with Crippen LogP contribution in [-0.2, 0) is 22.6 Å². The first-order chi connectivity index (χ1) is 12.4. The summed E-state index contributed by atoms with van der Waals surface area (Å²) < 4.78 is 5.43. The molecule has 1 N–H and O–H groups in total. The number of hydrogen-bond donors (Lipinski definition) is 1.